The van der Waals surface area contributed by atoms with Crippen LogP contribution >= 0.6 is 23.2 Å². The van der Waals surface area contributed by atoms with Crippen LogP contribution in [-0.4, -0.2) is 17.1 Å². The molecule has 0 unspecified atom stereocenters. The number of nitrogens with zero attached hydrogens (tertiary/aromatic N) is 1. The summed E-state index contributed by atoms with van der Waals surface area (Å²) >= 11 is 11.5. The molecule has 0 saturated carbocycles. The van der Waals surface area contributed by atoms with E-state index < -0.39 is 11.5 Å². The number of aromatic nitrogens is 1. The van der Waals surface area contributed by atoms with Crippen molar-refractivity contribution in [1.82, 2.24) is 4.57 Å². The van der Waals surface area contributed by atoms with Gasteiger partial charge in [-0.3, -0.25) is 9.59 Å². The summed E-state index contributed by atoms with van der Waals surface area (Å²) in [7, 11) is 0. The van der Waals surface area contributed by atoms with Crippen LogP contribution in [0.4, 0.5) is 0 Å². The summed E-state index contributed by atoms with van der Waals surface area (Å²) in [5.74, 6) is -0.492. The highest BCUT2D eigenvalue weighted by molar-refractivity contribution is 6.34. The maximum absolute atomic E-state index is 11.7. The third kappa shape index (κ3) is 4.90. The monoisotopic (exact) mass is 339 g/mol. The molecule has 116 valence electrons. The lowest BCUT2D eigenvalue weighted by Gasteiger charge is -2.08. The van der Waals surface area contributed by atoms with Crippen LogP contribution in [0.15, 0.2) is 47.4 Å². The van der Waals surface area contributed by atoms with Crippen molar-refractivity contribution in [2.45, 2.75) is 19.4 Å². The average Bonchev–Trinajstić information content (AvgIpc) is 2.50. The lowest BCUT2D eigenvalue weighted by Crippen LogP contribution is -2.25. The van der Waals surface area contributed by atoms with Gasteiger partial charge in [0.25, 0.3) is 5.56 Å². The summed E-state index contributed by atoms with van der Waals surface area (Å²) in [6.07, 6.45) is 2.92. The van der Waals surface area contributed by atoms with E-state index in [1.165, 1.54) is 17.8 Å². The van der Waals surface area contributed by atoms with Crippen molar-refractivity contribution >= 4 is 29.2 Å². The molecule has 2 aromatic rings. The summed E-state index contributed by atoms with van der Waals surface area (Å²) in [4.78, 5) is 23.5. The number of rotatable bonds is 6. The molecule has 0 atom stereocenters. The van der Waals surface area contributed by atoms with E-state index in [2.05, 4.69) is 0 Å². The SMILES string of the molecule is O=C(Cn1cc(Cl)cc(Cl)c1=O)OCCCc1ccccc1. The summed E-state index contributed by atoms with van der Waals surface area (Å²) in [6, 6.07) is 11.3. The minimum atomic E-state index is -0.492. The fourth-order valence-electron chi connectivity index (χ4n) is 1.97. The minimum absolute atomic E-state index is 0.0237. The number of carbonyl (C=O) groups excluding carboxylic acids is 1. The third-order valence-corrected chi connectivity index (χ3v) is 3.50. The largest absolute Gasteiger partial charge is 0.464 e. The zero-order valence-electron chi connectivity index (χ0n) is 11.8. The van der Waals surface area contributed by atoms with Crippen molar-refractivity contribution in [3.63, 3.8) is 0 Å². The molecule has 1 aromatic heterocycles. The number of aryl methyl sites for hydroxylation is 1. The summed E-state index contributed by atoms with van der Waals surface area (Å²) in [5.41, 5.74) is 0.726. The Morgan fingerprint density at radius 2 is 1.91 bits per heavy atom. The number of pyridine rings is 1. The molecular formula is C16H15Cl2NO3. The van der Waals surface area contributed by atoms with Gasteiger partial charge < -0.3 is 9.30 Å². The Morgan fingerprint density at radius 1 is 1.18 bits per heavy atom. The second kappa shape index (κ2) is 8.01. The quantitative estimate of drug-likeness (QED) is 0.599. The first kappa shape index (κ1) is 16.6. The zero-order chi connectivity index (χ0) is 15.9. The van der Waals surface area contributed by atoms with E-state index in [1.54, 1.807) is 0 Å². The Kier molecular flexibility index (Phi) is 6.04. The van der Waals surface area contributed by atoms with E-state index in [9.17, 15) is 9.59 Å². The van der Waals surface area contributed by atoms with E-state index in [1.807, 2.05) is 30.3 Å². The van der Waals surface area contributed by atoms with Crippen LogP contribution in [0.5, 0.6) is 0 Å². The molecule has 1 aromatic carbocycles. The van der Waals surface area contributed by atoms with E-state index in [-0.39, 0.29) is 11.6 Å². The van der Waals surface area contributed by atoms with Gasteiger partial charge in [-0.1, -0.05) is 53.5 Å². The lowest BCUT2D eigenvalue weighted by atomic mass is 10.1. The fraction of sp³-hybridized carbons (Fsp3) is 0.250. The van der Waals surface area contributed by atoms with E-state index in [0.717, 1.165) is 17.4 Å². The Labute approximate surface area is 138 Å². The zero-order valence-corrected chi connectivity index (χ0v) is 13.3. The van der Waals surface area contributed by atoms with Gasteiger partial charge in [0.2, 0.25) is 0 Å². The summed E-state index contributed by atoms with van der Waals surface area (Å²) < 4.78 is 6.26. The molecule has 0 aliphatic carbocycles. The Balaban J connectivity index is 1.80. The number of hydrogen-bond acceptors (Lipinski definition) is 3. The fourth-order valence-corrected chi connectivity index (χ4v) is 2.48. The van der Waals surface area contributed by atoms with Crippen LogP contribution < -0.4 is 5.56 Å². The van der Waals surface area contributed by atoms with Crippen LogP contribution in [0.25, 0.3) is 0 Å². The molecule has 0 amide bonds. The van der Waals surface area contributed by atoms with Crippen LogP contribution in [0.1, 0.15) is 12.0 Å². The second-order valence-corrected chi connectivity index (χ2v) is 5.59. The molecule has 0 aliphatic rings. The molecule has 0 N–H and O–H groups in total. The minimum Gasteiger partial charge on any atom is -0.464 e. The number of carbonyl (C=O) groups is 1. The normalized spacial score (nSPS) is 10.5. The lowest BCUT2D eigenvalue weighted by molar-refractivity contribution is -0.144. The molecule has 4 nitrogen and oxygen atoms in total. The smallest absolute Gasteiger partial charge is 0.326 e. The second-order valence-electron chi connectivity index (χ2n) is 4.75. The maximum atomic E-state index is 11.7. The molecule has 2 rings (SSSR count). The Bertz CT molecular complexity index is 698. The summed E-state index contributed by atoms with van der Waals surface area (Å²) in [5, 5.41) is 0.269. The Hall–Kier alpha value is -1.78. The molecule has 1 heterocycles. The molecule has 0 spiro atoms. The van der Waals surface area contributed by atoms with Gasteiger partial charge in [-0.15, -0.1) is 0 Å². The van der Waals surface area contributed by atoms with Crippen molar-refractivity contribution in [3.8, 4) is 0 Å². The molecule has 0 fully saturated rings. The van der Waals surface area contributed by atoms with Gasteiger partial charge in [0.1, 0.15) is 11.6 Å². The van der Waals surface area contributed by atoms with Crippen molar-refractivity contribution in [2.75, 3.05) is 6.61 Å². The molecular weight excluding hydrogens is 325 g/mol. The van der Waals surface area contributed by atoms with Gasteiger partial charge in [-0.2, -0.15) is 0 Å². The van der Waals surface area contributed by atoms with Crippen molar-refractivity contribution in [3.05, 3.63) is 68.6 Å². The van der Waals surface area contributed by atoms with Crippen molar-refractivity contribution < 1.29 is 9.53 Å². The van der Waals surface area contributed by atoms with Crippen LogP contribution in [0.3, 0.4) is 0 Å². The average molecular weight is 340 g/mol. The van der Waals surface area contributed by atoms with Crippen molar-refractivity contribution in [2.24, 2.45) is 0 Å². The molecule has 0 bridgehead atoms. The molecule has 0 radical (unpaired) electrons. The predicted octanol–water partition coefficient (Wildman–Crippen LogP) is 3.33. The van der Waals surface area contributed by atoms with Gasteiger partial charge in [0.15, 0.2) is 0 Å². The number of esters is 1. The van der Waals surface area contributed by atoms with Crippen molar-refractivity contribution in [1.29, 1.82) is 0 Å². The van der Waals surface area contributed by atoms with Gasteiger partial charge in [-0.25, -0.2) is 0 Å². The van der Waals surface area contributed by atoms with Gasteiger partial charge in [0, 0.05) is 6.20 Å². The third-order valence-electron chi connectivity index (χ3n) is 3.02. The van der Waals surface area contributed by atoms with Crippen LogP contribution in [0.2, 0.25) is 10.0 Å². The highest BCUT2D eigenvalue weighted by atomic mass is 35.5. The van der Waals surface area contributed by atoms with Crippen LogP contribution in [-0.2, 0) is 22.5 Å². The van der Waals surface area contributed by atoms with Gasteiger partial charge >= 0.3 is 5.97 Å². The predicted molar refractivity (Wildman–Crippen MR) is 86.4 cm³/mol. The van der Waals surface area contributed by atoms with E-state index in [0.29, 0.717) is 11.6 Å². The molecule has 6 heteroatoms. The molecule has 0 saturated heterocycles. The molecule has 22 heavy (non-hydrogen) atoms. The first-order chi connectivity index (χ1) is 10.6. The van der Waals surface area contributed by atoms with Gasteiger partial charge in [-0.05, 0) is 24.5 Å². The van der Waals surface area contributed by atoms with E-state index >= 15 is 0 Å². The first-order valence-electron chi connectivity index (χ1n) is 6.81. The number of halogens is 2. The topological polar surface area (TPSA) is 48.3 Å². The molecule has 0 aliphatic heterocycles. The number of ether oxygens (including phenoxy) is 1. The van der Waals surface area contributed by atoms with Crippen LogP contribution in [0, 0.1) is 0 Å². The number of benzene rings is 1. The number of hydrogen-bond donors (Lipinski definition) is 0. The summed E-state index contributed by atoms with van der Waals surface area (Å²) in [6.45, 7) is 0.0984. The standard InChI is InChI=1S/C16H15Cl2NO3/c17-13-9-14(18)16(21)19(10-13)11-15(20)22-8-4-7-12-5-2-1-3-6-12/h1-3,5-6,9-10H,4,7-8,11H2. The van der Waals surface area contributed by atoms with Gasteiger partial charge in [0.05, 0.1) is 11.6 Å². The highest BCUT2D eigenvalue weighted by Crippen LogP contribution is 2.11. The maximum Gasteiger partial charge on any atom is 0.326 e. The van der Waals surface area contributed by atoms with E-state index in [4.69, 9.17) is 27.9 Å². The Morgan fingerprint density at radius 3 is 2.64 bits per heavy atom. The first-order valence-corrected chi connectivity index (χ1v) is 7.57. The highest BCUT2D eigenvalue weighted by Gasteiger charge is 2.09.